The van der Waals surface area contributed by atoms with E-state index in [1.54, 1.807) is 0 Å². The van der Waals surface area contributed by atoms with Gasteiger partial charge in [-0.2, -0.15) is 0 Å². The SMILES string of the molecule is CCC(C)C(C)(N)C(C)(C)N. The van der Waals surface area contributed by atoms with Gasteiger partial charge in [0.2, 0.25) is 0 Å². The van der Waals surface area contributed by atoms with Crippen molar-refractivity contribution in [1.29, 1.82) is 0 Å². The fraction of sp³-hybridized carbons (Fsp3) is 1.00. The first-order chi connectivity index (χ1) is 4.73. The molecule has 0 fully saturated rings. The predicted octanol–water partition coefficient (Wildman–Crippen LogP) is 1.49. The van der Waals surface area contributed by atoms with Crippen molar-refractivity contribution in [3.8, 4) is 0 Å². The van der Waals surface area contributed by atoms with Crippen LogP contribution in [0.2, 0.25) is 0 Å². The van der Waals surface area contributed by atoms with Gasteiger partial charge < -0.3 is 11.5 Å². The summed E-state index contributed by atoms with van der Waals surface area (Å²) in [6.45, 7) is 10.3. The standard InChI is InChI=1S/C9H22N2/c1-6-7(2)9(5,11)8(3,4)10/h7H,6,10-11H2,1-5H3. The van der Waals surface area contributed by atoms with Crippen LogP contribution in [0, 0.1) is 5.92 Å². The van der Waals surface area contributed by atoms with Crippen molar-refractivity contribution >= 4 is 0 Å². The molecular weight excluding hydrogens is 136 g/mol. The summed E-state index contributed by atoms with van der Waals surface area (Å²) >= 11 is 0. The second-order valence-corrected chi connectivity index (χ2v) is 4.31. The number of hydrogen-bond donors (Lipinski definition) is 2. The molecule has 0 rings (SSSR count). The van der Waals surface area contributed by atoms with Gasteiger partial charge in [-0.15, -0.1) is 0 Å². The Labute approximate surface area is 70.3 Å². The molecule has 0 aliphatic carbocycles. The predicted molar refractivity (Wildman–Crippen MR) is 50.3 cm³/mol. The lowest BCUT2D eigenvalue weighted by Gasteiger charge is -2.42. The lowest BCUT2D eigenvalue weighted by atomic mass is 9.73. The first-order valence-electron chi connectivity index (χ1n) is 4.31. The van der Waals surface area contributed by atoms with E-state index >= 15 is 0 Å². The van der Waals surface area contributed by atoms with E-state index in [9.17, 15) is 0 Å². The molecule has 2 heteroatoms. The van der Waals surface area contributed by atoms with Gasteiger partial charge in [0.25, 0.3) is 0 Å². The zero-order valence-electron chi connectivity index (χ0n) is 8.44. The van der Waals surface area contributed by atoms with Crippen LogP contribution in [0.5, 0.6) is 0 Å². The van der Waals surface area contributed by atoms with Gasteiger partial charge in [0.1, 0.15) is 0 Å². The van der Waals surface area contributed by atoms with Crippen LogP contribution in [-0.2, 0) is 0 Å². The van der Waals surface area contributed by atoms with Crippen LogP contribution in [0.1, 0.15) is 41.0 Å². The number of rotatable bonds is 3. The number of nitrogens with two attached hydrogens (primary N) is 2. The van der Waals surface area contributed by atoms with Crippen LogP contribution >= 0.6 is 0 Å². The van der Waals surface area contributed by atoms with Crippen molar-refractivity contribution in [2.24, 2.45) is 17.4 Å². The molecule has 0 saturated carbocycles. The van der Waals surface area contributed by atoms with E-state index < -0.39 is 0 Å². The van der Waals surface area contributed by atoms with Gasteiger partial charge in [0, 0.05) is 11.1 Å². The molecule has 0 radical (unpaired) electrons. The Kier molecular flexibility index (Phi) is 3.09. The van der Waals surface area contributed by atoms with E-state index in [1.807, 2.05) is 20.8 Å². The van der Waals surface area contributed by atoms with Crippen molar-refractivity contribution in [1.82, 2.24) is 0 Å². The Morgan fingerprint density at radius 1 is 1.18 bits per heavy atom. The second kappa shape index (κ2) is 3.11. The summed E-state index contributed by atoms with van der Waals surface area (Å²) in [5.74, 6) is 0.461. The normalized spacial score (nSPS) is 21.0. The van der Waals surface area contributed by atoms with Crippen LogP contribution in [0.4, 0.5) is 0 Å². The summed E-state index contributed by atoms with van der Waals surface area (Å²) in [7, 11) is 0. The second-order valence-electron chi connectivity index (χ2n) is 4.31. The lowest BCUT2D eigenvalue weighted by Crippen LogP contribution is -2.63. The molecular formula is C9H22N2. The highest BCUT2D eigenvalue weighted by molar-refractivity contribution is 5.00. The van der Waals surface area contributed by atoms with Crippen LogP contribution < -0.4 is 11.5 Å². The van der Waals surface area contributed by atoms with E-state index in [1.165, 1.54) is 0 Å². The molecule has 0 saturated heterocycles. The molecule has 0 aromatic rings. The van der Waals surface area contributed by atoms with E-state index in [0.29, 0.717) is 5.92 Å². The van der Waals surface area contributed by atoms with Gasteiger partial charge >= 0.3 is 0 Å². The largest absolute Gasteiger partial charge is 0.324 e. The summed E-state index contributed by atoms with van der Waals surface area (Å²) < 4.78 is 0. The zero-order valence-corrected chi connectivity index (χ0v) is 8.44. The summed E-state index contributed by atoms with van der Waals surface area (Å²) in [5, 5.41) is 0. The number of hydrogen-bond acceptors (Lipinski definition) is 2. The molecule has 0 aliphatic heterocycles. The van der Waals surface area contributed by atoms with E-state index in [4.69, 9.17) is 11.5 Å². The monoisotopic (exact) mass is 158 g/mol. The summed E-state index contributed by atoms with van der Waals surface area (Å²) in [4.78, 5) is 0. The first-order valence-corrected chi connectivity index (χ1v) is 4.31. The Hall–Kier alpha value is -0.0800. The maximum Gasteiger partial charge on any atom is 0.0328 e. The van der Waals surface area contributed by atoms with Crippen LogP contribution in [-0.4, -0.2) is 11.1 Å². The van der Waals surface area contributed by atoms with Gasteiger partial charge in [0.15, 0.2) is 0 Å². The highest BCUT2D eigenvalue weighted by Crippen LogP contribution is 2.26. The van der Waals surface area contributed by atoms with Gasteiger partial charge in [-0.25, -0.2) is 0 Å². The Morgan fingerprint density at radius 2 is 1.55 bits per heavy atom. The highest BCUT2D eigenvalue weighted by atomic mass is 14.9. The molecule has 0 aromatic heterocycles. The summed E-state index contributed by atoms with van der Waals surface area (Å²) in [6, 6.07) is 0. The fourth-order valence-electron chi connectivity index (χ4n) is 1.06. The minimum atomic E-state index is -0.303. The average Bonchev–Trinajstić information content (AvgIpc) is 1.83. The van der Waals surface area contributed by atoms with E-state index in [2.05, 4.69) is 13.8 Å². The maximum absolute atomic E-state index is 6.12. The maximum atomic E-state index is 6.12. The smallest absolute Gasteiger partial charge is 0.0328 e. The molecule has 0 spiro atoms. The van der Waals surface area contributed by atoms with Crippen molar-refractivity contribution in [3.63, 3.8) is 0 Å². The van der Waals surface area contributed by atoms with E-state index in [-0.39, 0.29) is 11.1 Å². The molecule has 4 N–H and O–H groups in total. The summed E-state index contributed by atoms with van der Waals surface area (Å²) in [5.41, 5.74) is 11.5. The minimum absolute atomic E-state index is 0.276. The van der Waals surface area contributed by atoms with Gasteiger partial charge in [-0.1, -0.05) is 20.3 Å². The molecule has 11 heavy (non-hydrogen) atoms. The van der Waals surface area contributed by atoms with Gasteiger partial charge in [0.05, 0.1) is 0 Å². The lowest BCUT2D eigenvalue weighted by molar-refractivity contribution is 0.193. The molecule has 2 unspecified atom stereocenters. The van der Waals surface area contributed by atoms with Crippen LogP contribution in [0.15, 0.2) is 0 Å². The quantitative estimate of drug-likeness (QED) is 0.653. The van der Waals surface area contributed by atoms with Crippen molar-refractivity contribution in [2.75, 3.05) is 0 Å². The first kappa shape index (κ1) is 10.9. The molecule has 0 bridgehead atoms. The molecule has 0 aromatic carbocycles. The molecule has 2 atom stereocenters. The Bertz CT molecular complexity index is 122. The Morgan fingerprint density at radius 3 is 1.64 bits per heavy atom. The third-order valence-corrected chi connectivity index (χ3v) is 3.02. The molecule has 68 valence electrons. The topological polar surface area (TPSA) is 52.0 Å². The average molecular weight is 158 g/mol. The third-order valence-electron chi connectivity index (χ3n) is 3.02. The third kappa shape index (κ3) is 2.17. The van der Waals surface area contributed by atoms with Crippen molar-refractivity contribution in [2.45, 2.75) is 52.1 Å². The zero-order chi connectivity index (χ0) is 9.28. The minimum Gasteiger partial charge on any atom is -0.324 e. The molecule has 0 heterocycles. The van der Waals surface area contributed by atoms with Crippen LogP contribution in [0.25, 0.3) is 0 Å². The van der Waals surface area contributed by atoms with Gasteiger partial charge in [-0.3, -0.25) is 0 Å². The highest BCUT2D eigenvalue weighted by Gasteiger charge is 2.37. The van der Waals surface area contributed by atoms with E-state index in [0.717, 1.165) is 6.42 Å². The van der Waals surface area contributed by atoms with Crippen molar-refractivity contribution < 1.29 is 0 Å². The fourth-order valence-corrected chi connectivity index (χ4v) is 1.06. The Balaban J connectivity index is 4.45. The molecule has 2 nitrogen and oxygen atoms in total. The van der Waals surface area contributed by atoms with Crippen molar-refractivity contribution in [3.05, 3.63) is 0 Å². The molecule has 0 amide bonds. The van der Waals surface area contributed by atoms with Gasteiger partial charge in [-0.05, 0) is 26.7 Å². The van der Waals surface area contributed by atoms with Crippen LogP contribution in [0.3, 0.4) is 0 Å². The summed E-state index contributed by atoms with van der Waals surface area (Å²) in [6.07, 6.45) is 1.08. The molecule has 0 aliphatic rings.